The van der Waals surface area contributed by atoms with E-state index in [1.54, 1.807) is 12.4 Å². The molecule has 0 saturated carbocycles. The number of pyridine rings is 2. The Morgan fingerprint density at radius 3 is 1.59 bits per heavy atom. The molecule has 2 aliphatic rings. The van der Waals surface area contributed by atoms with Crippen molar-refractivity contribution in [2.75, 3.05) is 9.80 Å². The van der Waals surface area contributed by atoms with Crippen molar-refractivity contribution >= 4 is 61.7 Å². The molecule has 0 fully saturated rings. The average molecular weight is 827 g/mol. The number of nitrogens with zero attached hydrogens (tertiary/aromatic N) is 6. The minimum absolute atomic E-state index is 0.0619. The zero-order chi connectivity index (χ0) is 42.4. The zero-order valence-corrected chi connectivity index (χ0v) is 34.4. The molecule has 8 nitrogen and oxygen atoms in total. The Morgan fingerprint density at radius 2 is 1.00 bits per heavy atom. The molecule has 2 atom stereocenters. The van der Waals surface area contributed by atoms with Crippen LogP contribution in [0, 0.1) is 5.92 Å². The molecule has 0 saturated heterocycles. The van der Waals surface area contributed by atoms with Gasteiger partial charge in [0.1, 0.15) is 11.0 Å². The number of hydrogen-bond acceptors (Lipinski definition) is 8. The predicted octanol–water partition coefficient (Wildman–Crippen LogP) is 14.1. The highest BCUT2D eigenvalue weighted by atomic mass is 16.4. The van der Waals surface area contributed by atoms with Gasteiger partial charge in [-0.25, -0.2) is 19.9 Å². The first-order valence-electron chi connectivity index (χ1n) is 21.4. The van der Waals surface area contributed by atoms with Crippen molar-refractivity contribution in [3.05, 3.63) is 224 Å². The molecule has 304 valence electrons. The Hall–Kier alpha value is -8.62. The smallest absolute Gasteiger partial charge is 0.247 e. The third-order valence-electron chi connectivity index (χ3n) is 12.1. The molecule has 64 heavy (non-hydrogen) atoms. The van der Waals surface area contributed by atoms with Crippen molar-refractivity contribution in [3.63, 3.8) is 0 Å². The SMILES string of the molecule is C1=CC2=CC=CC(N(c3ccc(-c4ccc(N(c5ccc(-c6nc7cccnc7o6)cc5)c5cccc6ccccc56)cc4)cc3)c3ccc(-c4nc5cccnc5o4)cc3)C2C=C1. The summed E-state index contributed by atoms with van der Waals surface area (Å²) >= 11 is 0. The van der Waals surface area contributed by atoms with Crippen molar-refractivity contribution in [2.45, 2.75) is 6.04 Å². The van der Waals surface area contributed by atoms with Crippen LogP contribution in [-0.4, -0.2) is 26.0 Å². The third kappa shape index (κ3) is 6.74. The number of aromatic nitrogens is 4. The number of benzene rings is 6. The number of allylic oxidation sites excluding steroid dienone is 5. The molecule has 12 rings (SSSR count). The average Bonchev–Trinajstić information content (AvgIpc) is 4.01. The summed E-state index contributed by atoms with van der Waals surface area (Å²) in [4.78, 5) is 22.8. The Labute approximate surface area is 369 Å². The van der Waals surface area contributed by atoms with E-state index in [2.05, 4.69) is 212 Å². The van der Waals surface area contributed by atoms with Gasteiger partial charge in [-0.1, -0.05) is 103 Å². The van der Waals surface area contributed by atoms with E-state index >= 15 is 0 Å². The van der Waals surface area contributed by atoms with Crippen molar-refractivity contribution in [3.8, 4) is 34.0 Å². The molecule has 2 unspecified atom stereocenters. The van der Waals surface area contributed by atoms with Crippen LogP contribution in [-0.2, 0) is 0 Å². The van der Waals surface area contributed by atoms with Crippen LogP contribution >= 0.6 is 0 Å². The van der Waals surface area contributed by atoms with Crippen LogP contribution in [0.15, 0.2) is 233 Å². The monoisotopic (exact) mass is 826 g/mol. The van der Waals surface area contributed by atoms with E-state index in [0.29, 0.717) is 23.2 Å². The maximum absolute atomic E-state index is 6.01. The maximum Gasteiger partial charge on any atom is 0.247 e. The summed E-state index contributed by atoms with van der Waals surface area (Å²) in [6.45, 7) is 0. The fourth-order valence-corrected chi connectivity index (χ4v) is 8.94. The van der Waals surface area contributed by atoms with Gasteiger partial charge in [0.25, 0.3) is 0 Å². The highest BCUT2D eigenvalue weighted by molar-refractivity contribution is 5.99. The lowest BCUT2D eigenvalue weighted by Crippen LogP contribution is -2.37. The van der Waals surface area contributed by atoms with Crippen LogP contribution in [0.1, 0.15) is 0 Å². The summed E-state index contributed by atoms with van der Waals surface area (Å²) in [5, 5.41) is 2.34. The third-order valence-corrected chi connectivity index (χ3v) is 12.1. The first-order valence-corrected chi connectivity index (χ1v) is 21.4. The molecule has 4 heterocycles. The first-order chi connectivity index (χ1) is 31.7. The van der Waals surface area contributed by atoms with Gasteiger partial charge in [-0.05, 0) is 125 Å². The number of oxazole rings is 2. The molecular formula is C56H38N6O2. The molecule has 0 spiro atoms. The van der Waals surface area contributed by atoms with Gasteiger partial charge >= 0.3 is 0 Å². The van der Waals surface area contributed by atoms with Crippen molar-refractivity contribution < 1.29 is 8.83 Å². The van der Waals surface area contributed by atoms with E-state index in [1.165, 1.54) is 11.0 Å². The van der Waals surface area contributed by atoms with E-state index in [9.17, 15) is 0 Å². The second-order valence-corrected chi connectivity index (χ2v) is 15.9. The van der Waals surface area contributed by atoms with Crippen molar-refractivity contribution in [1.29, 1.82) is 0 Å². The van der Waals surface area contributed by atoms with Gasteiger partial charge in [0.2, 0.25) is 23.2 Å². The van der Waals surface area contributed by atoms with Crippen LogP contribution in [0.2, 0.25) is 0 Å². The summed E-state index contributed by atoms with van der Waals surface area (Å²) in [5.74, 6) is 1.30. The van der Waals surface area contributed by atoms with E-state index in [-0.39, 0.29) is 12.0 Å². The fraction of sp³-hybridized carbons (Fsp3) is 0.0357. The molecule has 0 aliphatic heterocycles. The second kappa shape index (κ2) is 15.7. The fourth-order valence-electron chi connectivity index (χ4n) is 8.94. The zero-order valence-electron chi connectivity index (χ0n) is 34.4. The Balaban J connectivity index is 0.872. The summed E-state index contributed by atoms with van der Waals surface area (Å²) in [7, 11) is 0. The topological polar surface area (TPSA) is 84.3 Å². The minimum Gasteiger partial charge on any atom is -0.418 e. The van der Waals surface area contributed by atoms with Gasteiger partial charge in [-0.15, -0.1) is 0 Å². The molecule has 0 bridgehead atoms. The molecule has 6 aromatic carbocycles. The molecule has 8 heteroatoms. The molecule has 0 amide bonds. The predicted molar refractivity (Wildman–Crippen MR) is 257 cm³/mol. The molecule has 0 radical (unpaired) electrons. The van der Waals surface area contributed by atoms with Crippen LogP contribution in [0.5, 0.6) is 0 Å². The van der Waals surface area contributed by atoms with Crippen LogP contribution in [0.3, 0.4) is 0 Å². The Bertz CT molecular complexity index is 3380. The van der Waals surface area contributed by atoms with E-state index in [4.69, 9.17) is 8.83 Å². The molecule has 2 aliphatic carbocycles. The Kier molecular flexibility index (Phi) is 9.11. The summed E-state index contributed by atoms with van der Waals surface area (Å²) < 4.78 is 12.0. The largest absolute Gasteiger partial charge is 0.418 e. The van der Waals surface area contributed by atoms with E-state index < -0.39 is 0 Å². The van der Waals surface area contributed by atoms with Gasteiger partial charge < -0.3 is 18.6 Å². The van der Waals surface area contributed by atoms with E-state index in [0.717, 1.165) is 67.1 Å². The molecular weight excluding hydrogens is 789 g/mol. The second-order valence-electron chi connectivity index (χ2n) is 15.9. The van der Waals surface area contributed by atoms with Crippen molar-refractivity contribution in [1.82, 2.24) is 19.9 Å². The lowest BCUT2D eigenvalue weighted by molar-refractivity contribution is 0.607. The first kappa shape index (κ1) is 37.2. The van der Waals surface area contributed by atoms with Gasteiger partial charge in [0.15, 0.2) is 0 Å². The molecule has 10 aromatic rings. The van der Waals surface area contributed by atoms with Gasteiger partial charge in [0, 0.05) is 57.6 Å². The Morgan fingerprint density at radius 1 is 0.453 bits per heavy atom. The lowest BCUT2D eigenvalue weighted by Gasteiger charge is -2.38. The number of anilines is 5. The van der Waals surface area contributed by atoms with Crippen LogP contribution < -0.4 is 9.80 Å². The normalized spacial score (nSPS) is 15.4. The van der Waals surface area contributed by atoms with Gasteiger partial charge in [-0.3, -0.25) is 0 Å². The van der Waals surface area contributed by atoms with Crippen LogP contribution in [0.25, 0.3) is 67.3 Å². The van der Waals surface area contributed by atoms with Gasteiger partial charge in [-0.2, -0.15) is 0 Å². The maximum atomic E-state index is 6.01. The number of hydrogen-bond donors (Lipinski definition) is 0. The van der Waals surface area contributed by atoms with Gasteiger partial charge in [0.05, 0.1) is 11.7 Å². The minimum atomic E-state index is 0.0619. The van der Waals surface area contributed by atoms with Crippen molar-refractivity contribution in [2.24, 2.45) is 5.92 Å². The molecule has 4 aromatic heterocycles. The summed E-state index contributed by atoms with van der Waals surface area (Å²) in [6, 6.07) is 57.2. The molecule has 0 N–H and O–H groups in total. The number of fused-ring (bicyclic) bond motifs is 4. The standard InChI is InChI=1S/C56H38N6O2/c1-3-13-47-39(9-1)11-5-17-51(47)61(45-31-23-41(24-32-45)53-59-49-15-7-35-57-55(49)63-53)43-27-19-37(20-28-43)38-21-29-44(30-22-38)62(52-18-6-12-40-10-2-4-14-48(40)52)46-33-25-42(26-34-46)54-60-50-16-8-36-58-56(50)64-54/h1-36,47,51H. The summed E-state index contributed by atoms with van der Waals surface area (Å²) in [5.41, 5.74) is 13.2. The highest BCUT2D eigenvalue weighted by Gasteiger charge is 2.30. The quantitative estimate of drug-likeness (QED) is 0.142. The van der Waals surface area contributed by atoms with E-state index in [1.807, 2.05) is 24.3 Å². The summed E-state index contributed by atoms with van der Waals surface area (Å²) in [6.07, 6.45) is 18.9. The highest BCUT2D eigenvalue weighted by Crippen LogP contribution is 2.42. The number of rotatable bonds is 9. The van der Waals surface area contributed by atoms with Crippen LogP contribution in [0.4, 0.5) is 28.4 Å². The lowest BCUT2D eigenvalue weighted by atomic mass is 9.83.